The number of aromatic amines is 2. The minimum Gasteiger partial charge on any atom is -0.506 e. The van der Waals surface area contributed by atoms with Gasteiger partial charge in [0.15, 0.2) is 49.5 Å². The lowest BCUT2D eigenvalue weighted by atomic mass is 9.77. The molecule has 1 spiro atoms. The van der Waals surface area contributed by atoms with Gasteiger partial charge in [-0.2, -0.15) is 15.3 Å². The van der Waals surface area contributed by atoms with Crippen LogP contribution < -0.4 is 36.2 Å². The van der Waals surface area contributed by atoms with Crippen LogP contribution in [0.4, 0.5) is 15.4 Å². The van der Waals surface area contributed by atoms with E-state index in [1.807, 2.05) is 19.2 Å². The average Bonchev–Trinajstić information content (AvgIpc) is 2.11. The molecule has 24 nitrogen and oxygen atoms in total. The Bertz CT molecular complexity index is 4380. The number of anilines is 3. The van der Waals surface area contributed by atoms with Gasteiger partial charge in [-0.3, -0.25) is 19.6 Å². The predicted molar refractivity (Wildman–Crippen MR) is 351 cm³/mol. The van der Waals surface area contributed by atoms with E-state index in [0.717, 1.165) is 118 Å². The monoisotopic (exact) mass is 1290 g/mol. The van der Waals surface area contributed by atoms with Gasteiger partial charge >= 0.3 is 0 Å². The van der Waals surface area contributed by atoms with E-state index in [0.29, 0.717) is 56.4 Å². The van der Waals surface area contributed by atoms with Crippen LogP contribution >= 0.6 is 68.0 Å². The fourth-order valence-electron chi connectivity index (χ4n) is 12.4. The molecule has 17 heterocycles. The summed E-state index contributed by atoms with van der Waals surface area (Å²) < 4.78 is 3.27. The first-order chi connectivity index (χ1) is 42.9. The third-order valence-electron chi connectivity index (χ3n) is 17.4. The maximum Gasteiger partial charge on any atom is 0.257 e. The zero-order chi connectivity index (χ0) is 59.6. The van der Waals surface area contributed by atoms with E-state index < -0.39 is 0 Å². The Labute approximate surface area is 527 Å². The summed E-state index contributed by atoms with van der Waals surface area (Å²) >= 11 is 9.25. The van der Waals surface area contributed by atoms with Gasteiger partial charge in [0.05, 0.1) is 30.5 Å². The highest BCUT2D eigenvalue weighted by molar-refractivity contribution is 7.30. The second-order valence-electron chi connectivity index (χ2n) is 22.9. The number of aromatic hydroxyl groups is 2. The highest BCUT2D eigenvalue weighted by Crippen LogP contribution is 2.47. The molecule has 5 aliphatic rings. The highest BCUT2D eigenvalue weighted by Gasteiger charge is 2.46. The van der Waals surface area contributed by atoms with Crippen molar-refractivity contribution in [2.45, 2.75) is 94.4 Å². The molecule has 0 aromatic carbocycles. The molecular weight excluding hydrogens is 1230 g/mol. The number of pyridine rings is 3. The Kier molecular flexibility index (Phi) is 15.3. The molecule has 3 atom stereocenters. The van der Waals surface area contributed by atoms with Gasteiger partial charge in [-0.25, -0.2) is 44.6 Å². The standard InChI is InChI=1S/C21H23N7OS2.C19H19N7OS2.C18H19N7OS2/c1-11-8-23-28(10-11)15-7-16(29)17(22-9-15)18-25-19-20(30-18)26-21(31-19)27(2)14-5-12-3-4-13(6-14)24-12;27-13-7-11(12-9-22-23-10-12)8-21-14(13)15-24-16-17(28-15)25-18(29-16)26-6-3-19(26)1-4-20-5-2-19;1-24(13-2-5-19-6-3-13)17-22-15-16(27-17)23-18(28-15)25-7-4-11(8-14(25)26)12-9-20-21-10-12/h7-10,12-14,24,29H,3-6H2,1-2H3;7-10,20,27H,1-6H2,(H,22,23);4,7-10,13,19H,2-3,5-6H2,1H3,(H,20,21)/t12-,13+,14?;;. The summed E-state index contributed by atoms with van der Waals surface area (Å²) in [5.74, 6) is 0.205. The number of piperidine rings is 3. The summed E-state index contributed by atoms with van der Waals surface area (Å²) in [4.78, 5) is 62.6. The SMILES string of the molecule is CN(c1nc2sc(-n3ccc(-c4cn[nH]c4)cc3=O)nc2s1)C1CCNCC1.Cc1cnn(-c2cnc(-c3nc4sc(N(C)C5C[C@H]6CC[C@@H](C5)N6)nc4s3)c(O)c2)c1.Oc1cc(-c2cn[nH]c2)cnc1-c1nc2sc(N3CCC34CCNCC4)nc2s1. The molecule has 5 fully saturated rings. The van der Waals surface area contributed by atoms with Gasteiger partial charge in [0, 0.05) is 110 Å². The minimum absolute atomic E-state index is 0.0922. The second-order valence-corrected chi connectivity index (χ2v) is 28.7. The molecular formula is C58H61N21O3S6. The largest absolute Gasteiger partial charge is 0.506 e. The van der Waals surface area contributed by atoms with Crippen molar-refractivity contribution in [1.29, 1.82) is 0 Å². The van der Waals surface area contributed by atoms with Gasteiger partial charge in [0.25, 0.3) is 5.56 Å². The first-order valence-electron chi connectivity index (χ1n) is 29.3. The van der Waals surface area contributed by atoms with Gasteiger partial charge < -0.3 is 40.9 Å². The van der Waals surface area contributed by atoms with E-state index >= 15 is 0 Å². The lowest BCUT2D eigenvalue weighted by Gasteiger charge is -2.55. The summed E-state index contributed by atoms with van der Waals surface area (Å²) in [5.41, 5.74) is 6.31. The van der Waals surface area contributed by atoms with Gasteiger partial charge in [-0.1, -0.05) is 68.0 Å². The van der Waals surface area contributed by atoms with E-state index in [9.17, 15) is 15.0 Å². The van der Waals surface area contributed by atoms with Crippen molar-refractivity contribution in [1.82, 2.24) is 90.6 Å². The number of rotatable bonds is 11. The summed E-state index contributed by atoms with van der Waals surface area (Å²) in [6.45, 7) is 7.31. The number of aryl methyl sites for hydroxylation is 1. The van der Waals surface area contributed by atoms with E-state index in [1.165, 1.54) is 79.0 Å². The van der Waals surface area contributed by atoms with Crippen LogP contribution in [0.25, 0.3) is 83.5 Å². The Morgan fingerprint density at radius 2 is 1.19 bits per heavy atom. The molecule has 0 saturated carbocycles. The summed E-state index contributed by atoms with van der Waals surface area (Å²) in [5, 5.41) is 54.4. The van der Waals surface area contributed by atoms with Gasteiger partial charge in [0.2, 0.25) is 0 Å². The smallest absolute Gasteiger partial charge is 0.257 e. The number of hydrogen-bond donors (Lipinski definition) is 7. The first-order valence-corrected chi connectivity index (χ1v) is 34.2. The topological polar surface area (TPSA) is 287 Å². The van der Waals surface area contributed by atoms with Crippen LogP contribution in [0.3, 0.4) is 0 Å². The molecule has 12 aromatic heterocycles. The van der Waals surface area contributed by atoms with Gasteiger partial charge in [0.1, 0.15) is 32.9 Å². The van der Waals surface area contributed by atoms with Crippen LogP contribution in [-0.2, 0) is 0 Å². The third kappa shape index (κ3) is 11.1. The zero-order valence-electron chi connectivity index (χ0n) is 48.1. The molecule has 0 amide bonds. The normalized spacial score (nSPS) is 19.0. The molecule has 30 heteroatoms. The Hall–Kier alpha value is -7.68. The van der Waals surface area contributed by atoms with E-state index in [1.54, 1.807) is 111 Å². The summed E-state index contributed by atoms with van der Waals surface area (Å²) in [6.07, 6.45) is 26.6. The van der Waals surface area contributed by atoms with Gasteiger partial charge in [-0.15, -0.1) is 0 Å². The number of H-pyrrole nitrogens is 2. The molecule has 0 aliphatic carbocycles. The van der Waals surface area contributed by atoms with Crippen LogP contribution in [0.1, 0.15) is 63.4 Å². The second kappa shape index (κ2) is 23.7. The molecule has 7 N–H and O–H groups in total. The van der Waals surface area contributed by atoms with Gasteiger partial charge in [-0.05, 0) is 114 Å². The first kappa shape index (κ1) is 56.8. The van der Waals surface area contributed by atoms with Crippen LogP contribution in [0.2, 0.25) is 0 Å². The Morgan fingerprint density at radius 3 is 1.78 bits per heavy atom. The van der Waals surface area contributed by atoms with E-state index in [4.69, 9.17) is 24.9 Å². The lowest BCUT2D eigenvalue weighted by molar-refractivity contribution is 0.206. The minimum atomic E-state index is -0.118. The molecule has 12 aromatic rings. The van der Waals surface area contributed by atoms with E-state index in [-0.39, 0.29) is 22.6 Å². The number of fused-ring (bicyclic) bond motifs is 5. The van der Waals surface area contributed by atoms with Crippen LogP contribution in [0, 0.1) is 6.92 Å². The molecule has 5 aliphatic heterocycles. The molecule has 452 valence electrons. The Balaban J connectivity index is 0.000000111. The fourth-order valence-corrected chi connectivity index (χ4v) is 18.7. The molecule has 1 unspecified atom stereocenters. The fraction of sp³-hybridized carbons (Fsp3) is 0.379. The maximum atomic E-state index is 12.6. The van der Waals surface area contributed by atoms with Crippen LogP contribution in [0.5, 0.6) is 11.5 Å². The molecule has 88 heavy (non-hydrogen) atoms. The third-order valence-corrected chi connectivity index (χ3v) is 23.7. The predicted octanol–water partition coefficient (Wildman–Crippen LogP) is 9.46. The zero-order valence-corrected chi connectivity index (χ0v) is 53.0. The molecule has 0 radical (unpaired) electrons. The summed E-state index contributed by atoms with van der Waals surface area (Å²) in [6, 6.07) is 9.21. The van der Waals surface area contributed by atoms with Crippen molar-refractivity contribution < 1.29 is 10.2 Å². The number of thiazole rings is 6. The quantitative estimate of drug-likeness (QED) is 0.0634. The van der Waals surface area contributed by atoms with E-state index in [2.05, 4.69) is 85.2 Å². The van der Waals surface area contributed by atoms with Crippen molar-refractivity contribution in [2.75, 3.05) is 61.5 Å². The number of aromatic nitrogens is 15. The molecule has 5 saturated heterocycles. The highest BCUT2D eigenvalue weighted by atomic mass is 32.1. The van der Waals surface area contributed by atoms with Crippen molar-refractivity contribution >= 4 is 112 Å². The summed E-state index contributed by atoms with van der Waals surface area (Å²) in [7, 11) is 4.26. The van der Waals surface area contributed by atoms with Crippen molar-refractivity contribution in [3.05, 3.63) is 96.0 Å². The van der Waals surface area contributed by atoms with Crippen molar-refractivity contribution in [3.63, 3.8) is 0 Å². The van der Waals surface area contributed by atoms with Crippen LogP contribution in [-0.4, -0.2) is 161 Å². The van der Waals surface area contributed by atoms with Crippen molar-refractivity contribution in [3.8, 4) is 66.0 Å². The number of hydrogen-bond acceptors (Lipinski definition) is 26. The molecule has 2 bridgehead atoms. The number of nitrogens with one attached hydrogen (secondary N) is 5. The van der Waals surface area contributed by atoms with Crippen LogP contribution in [0.15, 0.2) is 84.8 Å². The Morgan fingerprint density at radius 1 is 0.602 bits per heavy atom. The number of nitrogens with zero attached hydrogens (tertiary/aromatic N) is 16. The lowest BCUT2D eigenvalue weighted by Crippen LogP contribution is -2.64. The average molecular weight is 1290 g/mol. The van der Waals surface area contributed by atoms with Crippen molar-refractivity contribution in [2.24, 2.45) is 0 Å². The molecule has 17 rings (SSSR count). The maximum absolute atomic E-state index is 12.6.